The average molecular weight is 168 g/mol. The highest BCUT2D eigenvalue weighted by molar-refractivity contribution is 8.23. The molecule has 0 saturated carbocycles. The van der Waals surface area contributed by atoms with Crippen molar-refractivity contribution in [3.8, 4) is 0 Å². The number of rotatable bonds is 4. The van der Waals surface area contributed by atoms with Crippen LogP contribution in [-0.2, 0) is 0 Å². The van der Waals surface area contributed by atoms with Crippen LogP contribution in [0.1, 0.15) is 6.92 Å². The van der Waals surface area contributed by atoms with E-state index in [0.29, 0.717) is 0 Å². The summed E-state index contributed by atoms with van der Waals surface area (Å²) >= 11 is 5.81. The van der Waals surface area contributed by atoms with Gasteiger partial charge in [0.15, 0.2) is 0 Å². The Morgan fingerprint density at radius 2 is 2.00 bits per heavy atom. The minimum Gasteiger partial charge on any atom is -0.154 e. The largest absolute Gasteiger partial charge is 0.154 e. The highest BCUT2D eigenvalue weighted by atomic mass is 32.2. The van der Waals surface area contributed by atoms with E-state index in [1.807, 2.05) is 35.3 Å². The van der Waals surface area contributed by atoms with E-state index in [1.165, 1.54) is 5.08 Å². The molecule has 0 nitrogen and oxygen atoms in total. The van der Waals surface area contributed by atoms with Gasteiger partial charge in [-0.15, -0.1) is 11.8 Å². The van der Waals surface area contributed by atoms with E-state index in [1.54, 1.807) is 0 Å². The second-order valence-corrected chi connectivity index (χ2v) is 5.41. The fourth-order valence-electron chi connectivity index (χ4n) is 0.232. The van der Waals surface area contributed by atoms with Crippen LogP contribution in [0.2, 0.25) is 0 Å². The Morgan fingerprint density at radius 1 is 1.38 bits per heavy atom. The van der Waals surface area contributed by atoms with Gasteiger partial charge in [-0.3, -0.25) is 0 Å². The Kier molecular flexibility index (Phi) is 6.98. The van der Waals surface area contributed by atoms with Crippen molar-refractivity contribution in [1.82, 2.24) is 0 Å². The Balaban J connectivity index is 2.86. The van der Waals surface area contributed by atoms with Gasteiger partial charge < -0.3 is 0 Å². The molecule has 0 bridgehead atoms. The third kappa shape index (κ3) is 5.19. The summed E-state index contributed by atoms with van der Waals surface area (Å²) in [6.07, 6.45) is 4.29. The van der Waals surface area contributed by atoms with Gasteiger partial charge in [0.25, 0.3) is 0 Å². The van der Waals surface area contributed by atoms with Gasteiger partial charge in [0.05, 0.1) is 0 Å². The maximum absolute atomic E-state index is 2.24. The van der Waals surface area contributed by atoms with Crippen LogP contribution < -0.4 is 0 Å². The summed E-state index contributed by atoms with van der Waals surface area (Å²) in [5, 5.41) is 1.22. The fraction of sp³-hybridized carbons (Fsp3) is 1.00. The second kappa shape index (κ2) is 6.17. The standard InChI is InChI=1S/C5H12S3/c1-5(7-3)8-4-6-2/h5H,4H2,1-3H3. The molecule has 0 heterocycles. The molecule has 0 aromatic carbocycles. The molecule has 0 rings (SSSR count). The van der Waals surface area contributed by atoms with Crippen molar-refractivity contribution in [1.29, 1.82) is 0 Å². The molecular formula is C5H12S3. The van der Waals surface area contributed by atoms with E-state index in [9.17, 15) is 0 Å². The van der Waals surface area contributed by atoms with Crippen LogP contribution >= 0.6 is 35.3 Å². The summed E-state index contributed by atoms with van der Waals surface area (Å²) in [5.74, 6) is 0. The first kappa shape index (κ1) is 9.05. The summed E-state index contributed by atoms with van der Waals surface area (Å²) in [6, 6.07) is 0. The molecule has 1 unspecified atom stereocenters. The molecule has 0 aliphatic heterocycles. The lowest BCUT2D eigenvalue weighted by atomic mass is 11.0. The minimum absolute atomic E-state index is 0.766. The molecular weight excluding hydrogens is 156 g/mol. The first-order chi connectivity index (χ1) is 3.81. The maximum Gasteiger partial charge on any atom is 0.0479 e. The molecule has 0 saturated heterocycles. The number of thioether (sulfide) groups is 3. The first-order valence-electron chi connectivity index (χ1n) is 2.44. The van der Waals surface area contributed by atoms with Crippen molar-refractivity contribution in [2.45, 2.75) is 11.5 Å². The van der Waals surface area contributed by atoms with Gasteiger partial charge in [-0.1, -0.05) is 0 Å². The second-order valence-electron chi connectivity index (χ2n) is 1.38. The third-order valence-electron chi connectivity index (χ3n) is 0.753. The molecule has 50 valence electrons. The van der Waals surface area contributed by atoms with E-state index >= 15 is 0 Å². The molecule has 0 amide bonds. The summed E-state index contributed by atoms with van der Waals surface area (Å²) in [4.78, 5) is 0. The van der Waals surface area contributed by atoms with Crippen molar-refractivity contribution < 1.29 is 0 Å². The lowest BCUT2D eigenvalue weighted by Crippen LogP contribution is -1.85. The van der Waals surface area contributed by atoms with E-state index in [4.69, 9.17) is 0 Å². The molecule has 0 spiro atoms. The highest BCUT2D eigenvalue weighted by Crippen LogP contribution is 2.22. The Bertz CT molecular complexity index is 46.9. The minimum atomic E-state index is 0.766. The van der Waals surface area contributed by atoms with Gasteiger partial charge in [-0.05, 0) is 19.4 Å². The van der Waals surface area contributed by atoms with Crippen LogP contribution in [-0.4, -0.2) is 22.2 Å². The zero-order valence-electron chi connectivity index (χ0n) is 5.51. The predicted octanol–water partition coefficient (Wildman–Crippen LogP) is 2.75. The van der Waals surface area contributed by atoms with Crippen LogP contribution in [0.3, 0.4) is 0 Å². The van der Waals surface area contributed by atoms with Gasteiger partial charge in [0.2, 0.25) is 0 Å². The van der Waals surface area contributed by atoms with Crippen LogP contribution in [0, 0.1) is 0 Å². The van der Waals surface area contributed by atoms with Crippen molar-refractivity contribution >= 4 is 35.3 Å². The van der Waals surface area contributed by atoms with Crippen LogP contribution in [0.25, 0.3) is 0 Å². The summed E-state index contributed by atoms with van der Waals surface area (Å²) in [5.41, 5.74) is 0. The summed E-state index contributed by atoms with van der Waals surface area (Å²) in [6.45, 7) is 2.24. The van der Waals surface area contributed by atoms with Crippen molar-refractivity contribution in [3.63, 3.8) is 0 Å². The Labute approximate surface area is 64.6 Å². The third-order valence-corrected chi connectivity index (χ3v) is 4.36. The van der Waals surface area contributed by atoms with Crippen LogP contribution in [0.4, 0.5) is 0 Å². The lowest BCUT2D eigenvalue weighted by molar-refractivity contribution is 1.43. The van der Waals surface area contributed by atoms with Gasteiger partial charge in [-0.2, -0.15) is 23.5 Å². The fourth-order valence-corrected chi connectivity index (χ4v) is 2.59. The summed E-state index contributed by atoms with van der Waals surface area (Å²) < 4.78 is 0.766. The molecule has 0 fully saturated rings. The molecule has 0 aliphatic carbocycles. The molecule has 1 atom stereocenters. The summed E-state index contributed by atoms with van der Waals surface area (Å²) in [7, 11) is 0. The maximum atomic E-state index is 2.24. The molecule has 0 N–H and O–H groups in total. The van der Waals surface area contributed by atoms with Gasteiger partial charge >= 0.3 is 0 Å². The smallest absolute Gasteiger partial charge is 0.0479 e. The quantitative estimate of drug-likeness (QED) is 0.592. The highest BCUT2D eigenvalue weighted by Gasteiger charge is 1.95. The SMILES string of the molecule is CSCSC(C)SC. The Morgan fingerprint density at radius 3 is 2.38 bits per heavy atom. The monoisotopic (exact) mass is 168 g/mol. The lowest BCUT2D eigenvalue weighted by Gasteiger charge is -2.03. The predicted molar refractivity (Wildman–Crippen MR) is 49.0 cm³/mol. The molecule has 3 heteroatoms. The van der Waals surface area contributed by atoms with E-state index in [2.05, 4.69) is 19.4 Å². The topological polar surface area (TPSA) is 0 Å². The number of hydrogen-bond acceptors (Lipinski definition) is 3. The van der Waals surface area contributed by atoms with Gasteiger partial charge in [-0.25, -0.2) is 0 Å². The number of hydrogen-bond donors (Lipinski definition) is 0. The molecule has 0 aliphatic rings. The zero-order chi connectivity index (χ0) is 6.41. The normalized spacial score (nSPS) is 13.9. The van der Waals surface area contributed by atoms with Crippen molar-refractivity contribution in [2.24, 2.45) is 0 Å². The van der Waals surface area contributed by atoms with E-state index in [0.717, 1.165) is 4.58 Å². The van der Waals surface area contributed by atoms with Gasteiger partial charge in [0, 0.05) is 9.67 Å². The molecule has 0 radical (unpaired) electrons. The molecule has 0 aromatic rings. The van der Waals surface area contributed by atoms with Crippen LogP contribution in [0.15, 0.2) is 0 Å². The Hall–Kier alpha value is 1.05. The zero-order valence-corrected chi connectivity index (χ0v) is 7.96. The van der Waals surface area contributed by atoms with E-state index in [-0.39, 0.29) is 0 Å². The van der Waals surface area contributed by atoms with E-state index < -0.39 is 0 Å². The average Bonchev–Trinajstić information content (AvgIpc) is 1.83. The van der Waals surface area contributed by atoms with Crippen molar-refractivity contribution in [3.05, 3.63) is 0 Å². The molecule has 0 aromatic heterocycles. The van der Waals surface area contributed by atoms with Crippen LogP contribution in [0.5, 0.6) is 0 Å². The molecule has 8 heavy (non-hydrogen) atoms. The first-order valence-corrected chi connectivity index (χ1v) is 6.17. The van der Waals surface area contributed by atoms with Gasteiger partial charge in [0.1, 0.15) is 0 Å². The van der Waals surface area contributed by atoms with Crippen molar-refractivity contribution in [2.75, 3.05) is 17.6 Å².